The third-order valence-corrected chi connectivity index (χ3v) is 7.22. The summed E-state index contributed by atoms with van der Waals surface area (Å²) in [6.45, 7) is 2.04. The van der Waals surface area contributed by atoms with Gasteiger partial charge in [0.25, 0.3) is 5.91 Å². The number of methoxy groups -OCH3 is 2. The summed E-state index contributed by atoms with van der Waals surface area (Å²) in [5.74, 6) is 0.306. The maximum absolute atomic E-state index is 13.0. The Labute approximate surface area is 193 Å². The van der Waals surface area contributed by atoms with Crippen LogP contribution in [-0.4, -0.2) is 58.3 Å². The molecule has 1 aliphatic rings. The van der Waals surface area contributed by atoms with Crippen molar-refractivity contribution in [3.05, 3.63) is 42.0 Å². The number of rotatable bonds is 9. The zero-order valence-electron chi connectivity index (χ0n) is 18.9. The maximum Gasteiger partial charge on any atom is 0.262 e. The van der Waals surface area contributed by atoms with Crippen molar-refractivity contribution >= 4 is 27.4 Å². The Balaban J connectivity index is 1.74. The molecule has 0 spiro atoms. The molecule has 1 amide bonds. The van der Waals surface area contributed by atoms with Crippen molar-refractivity contribution in [2.24, 2.45) is 0 Å². The van der Waals surface area contributed by atoms with E-state index >= 15 is 0 Å². The molecule has 2 aromatic rings. The van der Waals surface area contributed by atoms with Gasteiger partial charge in [0.2, 0.25) is 10.0 Å². The van der Waals surface area contributed by atoms with Gasteiger partial charge in [-0.3, -0.25) is 9.59 Å². The molecule has 0 unspecified atom stereocenters. The lowest BCUT2D eigenvalue weighted by atomic mass is 10.1. The number of ketones is 1. The van der Waals surface area contributed by atoms with E-state index in [1.807, 2.05) is 0 Å². The van der Waals surface area contributed by atoms with E-state index in [2.05, 4.69) is 5.32 Å². The van der Waals surface area contributed by atoms with Crippen LogP contribution in [0.25, 0.3) is 0 Å². The number of Topliss-reactive ketones (excluding diaryl/α,β-unsaturated/α-hetero) is 1. The van der Waals surface area contributed by atoms with E-state index in [9.17, 15) is 18.0 Å². The molecule has 2 aromatic carbocycles. The highest BCUT2D eigenvalue weighted by atomic mass is 32.2. The number of hydrogen-bond acceptors (Lipinski definition) is 7. The van der Waals surface area contributed by atoms with Crippen LogP contribution in [0.1, 0.15) is 36.5 Å². The SMILES string of the molecule is COc1ccc(S(=O)(=O)N2CCCCC2)cc1NC(=O)COc1ccc(C(C)=O)cc1OC. The summed E-state index contributed by atoms with van der Waals surface area (Å²) in [6, 6.07) is 9.04. The molecule has 1 heterocycles. The monoisotopic (exact) mass is 476 g/mol. The highest BCUT2D eigenvalue weighted by Crippen LogP contribution is 2.31. The average Bonchev–Trinajstić information content (AvgIpc) is 2.83. The van der Waals surface area contributed by atoms with E-state index < -0.39 is 15.9 Å². The number of anilines is 1. The normalized spacial score (nSPS) is 14.4. The Kier molecular flexibility index (Phi) is 7.93. The number of carbonyl (C=O) groups is 2. The van der Waals surface area contributed by atoms with Crippen molar-refractivity contribution in [3.63, 3.8) is 0 Å². The number of nitrogens with one attached hydrogen (secondary N) is 1. The van der Waals surface area contributed by atoms with E-state index in [0.717, 1.165) is 19.3 Å². The first kappa shape index (κ1) is 24.5. The predicted octanol–water partition coefficient (Wildman–Crippen LogP) is 3.10. The van der Waals surface area contributed by atoms with Crippen molar-refractivity contribution in [2.45, 2.75) is 31.1 Å². The molecule has 1 aliphatic heterocycles. The van der Waals surface area contributed by atoms with E-state index in [1.165, 1.54) is 49.7 Å². The Morgan fingerprint density at radius 2 is 1.61 bits per heavy atom. The summed E-state index contributed by atoms with van der Waals surface area (Å²) in [5.41, 5.74) is 0.684. The highest BCUT2D eigenvalue weighted by Gasteiger charge is 2.27. The molecule has 33 heavy (non-hydrogen) atoms. The summed E-state index contributed by atoms with van der Waals surface area (Å²) in [5, 5.41) is 2.65. The third kappa shape index (κ3) is 5.82. The molecule has 0 radical (unpaired) electrons. The van der Waals surface area contributed by atoms with Crippen molar-refractivity contribution in [1.82, 2.24) is 4.31 Å². The standard InChI is InChI=1S/C23H28N2O7S/c1-16(26)17-7-9-21(22(13-17)31-3)32-15-23(27)24-19-14-18(8-10-20(19)30-2)33(28,29)25-11-5-4-6-12-25/h7-10,13-14H,4-6,11-12,15H2,1-3H3,(H,24,27). The van der Waals surface area contributed by atoms with Crippen LogP contribution in [0.4, 0.5) is 5.69 Å². The summed E-state index contributed by atoms with van der Waals surface area (Å²) >= 11 is 0. The highest BCUT2D eigenvalue weighted by molar-refractivity contribution is 7.89. The molecule has 178 valence electrons. The number of nitrogens with zero attached hydrogens (tertiary/aromatic N) is 1. The van der Waals surface area contributed by atoms with Crippen LogP contribution in [0.3, 0.4) is 0 Å². The molecule has 0 atom stereocenters. The van der Waals surface area contributed by atoms with Crippen molar-refractivity contribution in [2.75, 3.05) is 39.2 Å². The molecule has 9 nitrogen and oxygen atoms in total. The second-order valence-electron chi connectivity index (χ2n) is 7.59. The molecule has 10 heteroatoms. The van der Waals surface area contributed by atoms with E-state index in [4.69, 9.17) is 14.2 Å². The quantitative estimate of drug-likeness (QED) is 0.554. The van der Waals surface area contributed by atoms with Crippen LogP contribution in [0, 0.1) is 0 Å². The summed E-state index contributed by atoms with van der Waals surface area (Å²) in [6.07, 6.45) is 2.67. The molecule has 0 aromatic heterocycles. The third-order valence-electron chi connectivity index (χ3n) is 5.33. The fourth-order valence-corrected chi connectivity index (χ4v) is 5.08. The number of benzene rings is 2. The number of hydrogen-bond donors (Lipinski definition) is 1. The molecular formula is C23H28N2O7S. The van der Waals surface area contributed by atoms with Gasteiger partial charge in [0.15, 0.2) is 23.9 Å². The van der Waals surface area contributed by atoms with Gasteiger partial charge in [-0.2, -0.15) is 4.31 Å². The van der Waals surface area contributed by atoms with Gasteiger partial charge in [-0.05, 0) is 56.2 Å². The fraction of sp³-hybridized carbons (Fsp3) is 0.391. The zero-order valence-corrected chi connectivity index (χ0v) is 19.7. The lowest BCUT2D eigenvalue weighted by Gasteiger charge is -2.26. The summed E-state index contributed by atoms with van der Waals surface area (Å²) < 4.78 is 43.5. The van der Waals surface area contributed by atoms with Crippen molar-refractivity contribution in [1.29, 1.82) is 0 Å². The van der Waals surface area contributed by atoms with Crippen LogP contribution >= 0.6 is 0 Å². The average molecular weight is 477 g/mol. The molecular weight excluding hydrogens is 448 g/mol. The van der Waals surface area contributed by atoms with E-state index in [-0.39, 0.29) is 23.0 Å². The Bertz CT molecular complexity index is 1130. The van der Waals surface area contributed by atoms with Crippen molar-refractivity contribution < 1.29 is 32.2 Å². The number of amides is 1. The lowest BCUT2D eigenvalue weighted by molar-refractivity contribution is -0.118. The van der Waals surface area contributed by atoms with Crippen molar-refractivity contribution in [3.8, 4) is 17.2 Å². The Hall–Kier alpha value is -3.11. The molecule has 0 bridgehead atoms. The first-order chi connectivity index (χ1) is 15.8. The number of ether oxygens (including phenoxy) is 3. The van der Waals surface area contributed by atoms with Crippen LogP contribution in [0.15, 0.2) is 41.3 Å². The molecule has 1 fully saturated rings. The topological polar surface area (TPSA) is 111 Å². The van der Waals surface area contributed by atoms with Gasteiger partial charge in [0.1, 0.15) is 5.75 Å². The van der Waals surface area contributed by atoms with Crippen LogP contribution in [0.5, 0.6) is 17.2 Å². The molecule has 1 N–H and O–H groups in total. The lowest BCUT2D eigenvalue weighted by Crippen LogP contribution is -2.35. The van der Waals surface area contributed by atoms with Crippen LogP contribution < -0.4 is 19.5 Å². The van der Waals surface area contributed by atoms with Crippen LogP contribution in [0.2, 0.25) is 0 Å². The molecule has 1 saturated heterocycles. The van der Waals surface area contributed by atoms with Gasteiger partial charge in [-0.25, -0.2) is 8.42 Å². The van der Waals surface area contributed by atoms with Gasteiger partial charge in [-0.15, -0.1) is 0 Å². The largest absolute Gasteiger partial charge is 0.495 e. The summed E-state index contributed by atoms with van der Waals surface area (Å²) in [7, 11) is -0.801. The molecule has 0 aliphatic carbocycles. The summed E-state index contributed by atoms with van der Waals surface area (Å²) in [4.78, 5) is 24.2. The van der Waals surface area contributed by atoms with Gasteiger partial charge in [0.05, 0.1) is 24.8 Å². The minimum atomic E-state index is -3.67. The van der Waals surface area contributed by atoms with Gasteiger partial charge >= 0.3 is 0 Å². The van der Waals surface area contributed by atoms with Gasteiger partial charge < -0.3 is 19.5 Å². The van der Waals surface area contributed by atoms with Crippen LogP contribution in [-0.2, 0) is 14.8 Å². The minimum absolute atomic E-state index is 0.0860. The predicted molar refractivity (Wildman–Crippen MR) is 123 cm³/mol. The molecule has 3 rings (SSSR count). The first-order valence-electron chi connectivity index (χ1n) is 10.6. The van der Waals surface area contributed by atoms with Gasteiger partial charge in [-0.1, -0.05) is 6.42 Å². The second kappa shape index (κ2) is 10.7. The molecule has 0 saturated carbocycles. The minimum Gasteiger partial charge on any atom is -0.495 e. The number of piperidine rings is 1. The number of carbonyl (C=O) groups excluding carboxylic acids is 2. The van der Waals surface area contributed by atoms with Gasteiger partial charge in [0, 0.05) is 18.7 Å². The fourth-order valence-electron chi connectivity index (χ4n) is 3.53. The number of sulfonamides is 1. The maximum atomic E-state index is 13.0. The second-order valence-corrected chi connectivity index (χ2v) is 9.52. The Morgan fingerprint density at radius 1 is 0.939 bits per heavy atom. The first-order valence-corrected chi connectivity index (χ1v) is 12.0. The van der Waals surface area contributed by atoms with E-state index in [0.29, 0.717) is 35.9 Å². The Morgan fingerprint density at radius 3 is 2.24 bits per heavy atom. The smallest absolute Gasteiger partial charge is 0.262 e. The zero-order chi connectivity index (χ0) is 24.0. The van der Waals surface area contributed by atoms with E-state index in [1.54, 1.807) is 12.1 Å².